The molecule has 1 fully saturated rings. The van der Waals surface area contributed by atoms with Crippen LogP contribution in [-0.2, 0) is 0 Å². The van der Waals surface area contributed by atoms with Crippen molar-refractivity contribution in [1.82, 2.24) is 0 Å². The van der Waals surface area contributed by atoms with Gasteiger partial charge in [-0.15, -0.1) is 13.2 Å². The first-order valence-electron chi connectivity index (χ1n) is 6.93. The van der Waals surface area contributed by atoms with Crippen LogP contribution in [0.1, 0.15) is 44.3 Å². The van der Waals surface area contributed by atoms with Crippen molar-refractivity contribution in [2.45, 2.75) is 45.1 Å². The van der Waals surface area contributed by atoms with E-state index in [0.29, 0.717) is 5.92 Å². The average Bonchev–Trinajstić information content (AvgIpc) is 2.85. The summed E-state index contributed by atoms with van der Waals surface area (Å²) >= 11 is 0. The number of para-hydroxylation sites is 1. The lowest BCUT2D eigenvalue weighted by Gasteiger charge is -2.22. The van der Waals surface area contributed by atoms with E-state index < -0.39 is 12.5 Å². The van der Waals surface area contributed by atoms with Crippen LogP contribution in [0, 0.1) is 11.8 Å². The molecule has 1 aliphatic rings. The fourth-order valence-corrected chi connectivity index (χ4v) is 2.97. The Labute approximate surface area is 116 Å². The molecule has 0 heterocycles. The number of hydrogen-bond acceptors (Lipinski definition) is 2. The third-order valence-corrected chi connectivity index (χ3v) is 4.07. The van der Waals surface area contributed by atoms with E-state index in [1.54, 1.807) is 6.07 Å². The van der Waals surface area contributed by atoms with E-state index in [4.69, 9.17) is 0 Å². The fraction of sp³-hybridized carbons (Fsp3) is 0.600. The van der Waals surface area contributed by atoms with Gasteiger partial charge in [-0.2, -0.15) is 0 Å². The molecule has 3 unspecified atom stereocenters. The highest BCUT2D eigenvalue weighted by molar-refractivity contribution is 5.35. The van der Waals surface area contributed by atoms with Crippen molar-refractivity contribution in [2.75, 3.05) is 0 Å². The Kier molecular flexibility index (Phi) is 4.58. The van der Waals surface area contributed by atoms with Gasteiger partial charge in [0.25, 0.3) is 0 Å². The summed E-state index contributed by atoms with van der Waals surface area (Å²) in [5.74, 6) is 0.274. The van der Waals surface area contributed by atoms with Gasteiger partial charge >= 0.3 is 6.36 Å². The first-order valence-corrected chi connectivity index (χ1v) is 6.93. The van der Waals surface area contributed by atoms with Gasteiger partial charge in [0.2, 0.25) is 0 Å². The van der Waals surface area contributed by atoms with Gasteiger partial charge in [0.05, 0.1) is 6.10 Å². The molecule has 1 aromatic carbocycles. The van der Waals surface area contributed by atoms with Crippen molar-refractivity contribution in [3.8, 4) is 5.75 Å². The van der Waals surface area contributed by atoms with Crippen molar-refractivity contribution < 1.29 is 23.0 Å². The van der Waals surface area contributed by atoms with Crippen molar-refractivity contribution in [2.24, 2.45) is 11.8 Å². The molecule has 0 amide bonds. The predicted octanol–water partition coefficient (Wildman–Crippen LogP) is 4.44. The van der Waals surface area contributed by atoms with Crippen LogP contribution < -0.4 is 4.74 Å². The van der Waals surface area contributed by atoms with Gasteiger partial charge in [0, 0.05) is 5.56 Å². The van der Waals surface area contributed by atoms with Gasteiger partial charge in [-0.05, 0) is 30.7 Å². The summed E-state index contributed by atoms with van der Waals surface area (Å²) in [7, 11) is 0. The van der Waals surface area contributed by atoms with Crippen LogP contribution in [0.2, 0.25) is 0 Å². The fourth-order valence-electron chi connectivity index (χ4n) is 2.97. The molecular formula is C15H19F3O2. The SMILES string of the molecule is CCC1CCC(C(O)c2ccccc2OC(F)(F)F)C1. The molecule has 1 aromatic rings. The van der Waals surface area contributed by atoms with E-state index in [1.165, 1.54) is 18.2 Å². The number of alkyl halides is 3. The second kappa shape index (κ2) is 6.04. The van der Waals surface area contributed by atoms with Crippen molar-refractivity contribution in [3.05, 3.63) is 29.8 Å². The van der Waals surface area contributed by atoms with Crippen LogP contribution in [0.15, 0.2) is 24.3 Å². The lowest BCUT2D eigenvalue weighted by atomic mass is 9.92. The van der Waals surface area contributed by atoms with E-state index in [9.17, 15) is 18.3 Å². The largest absolute Gasteiger partial charge is 0.573 e. The Morgan fingerprint density at radius 3 is 2.60 bits per heavy atom. The maximum absolute atomic E-state index is 12.4. The van der Waals surface area contributed by atoms with E-state index in [2.05, 4.69) is 11.7 Å². The normalized spacial score (nSPS) is 24.6. The third kappa shape index (κ3) is 3.66. The molecule has 0 spiro atoms. The number of aliphatic hydroxyl groups excluding tert-OH is 1. The van der Waals surface area contributed by atoms with Gasteiger partial charge in [-0.25, -0.2) is 0 Å². The second-order valence-corrected chi connectivity index (χ2v) is 5.38. The van der Waals surface area contributed by atoms with Gasteiger partial charge in [0.1, 0.15) is 5.75 Å². The summed E-state index contributed by atoms with van der Waals surface area (Å²) in [5.41, 5.74) is 0.228. The van der Waals surface area contributed by atoms with Crippen LogP contribution in [0.4, 0.5) is 13.2 Å². The molecule has 20 heavy (non-hydrogen) atoms. The molecule has 0 bridgehead atoms. The molecule has 1 saturated carbocycles. The van der Waals surface area contributed by atoms with E-state index >= 15 is 0 Å². The third-order valence-electron chi connectivity index (χ3n) is 4.07. The van der Waals surface area contributed by atoms with Gasteiger partial charge in [-0.1, -0.05) is 38.0 Å². The lowest BCUT2D eigenvalue weighted by molar-refractivity contribution is -0.275. The molecule has 5 heteroatoms. The molecule has 3 atom stereocenters. The summed E-state index contributed by atoms with van der Waals surface area (Å²) in [6, 6.07) is 5.85. The van der Waals surface area contributed by atoms with E-state index in [1.807, 2.05) is 0 Å². The van der Waals surface area contributed by atoms with Crippen LogP contribution in [-0.4, -0.2) is 11.5 Å². The zero-order valence-corrected chi connectivity index (χ0v) is 11.4. The molecule has 112 valence electrons. The van der Waals surface area contributed by atoms with Gasteiger partial charge < -0.3 is 9.84 Å². The summed E-state index contributed by atoms with van der Waals surface area (Å²) in [6.07, 6.45) is -1.86. The summed E-state index contributed by atoms with van der Waals surface area (Å²) < 4.78 is 41.1. The molecule has 0 aromatic heterocycles. The monoisotopic (exact) mass is 288 g/mol. The maximum Gasteiger partial charge on any atom is 0.573 e. The Morgan fingerprint density at radius 1 is 1.30 bits per heavy atom. The molecule has 1 N–H and O–H groups in total. The molecular weight excluding hydrogens is 269 g/mol. The average molecular weight is 288 g/mol. The Morgan fingerprint density at radius 2 is 2.00 bits per heavy atom. The minimum atomic E-state index is -4.74. The molecule has 0 aliphatic heterocycles. The highest BCUT2D eigenvalue weighted by Crippen LogP contribution is 2.43. The van der Waals surface area contributed by atoms with Crippen LogP contribution >= 0.6 is 0 Å². The zero-order chi connectivity index (χ0) is 14.8. The number of hydrogen-bond donors (Lipinski definition) is 1. The number of ether oxygens (including phenoxy) is 1. The zero-order valence-electron chi connectivity index (χ0n) is 11.4. The van der Waals surface area contributed by atoms with Gasteiger partial charge in [0.15, 0.2) is 0 Å². The lowest BCUT2D eigenvalue weighted by Crippen LogP contribution is -2.20. The van der Waals surface area contributed by atoms with Crippen LogP contribution in [0.3, 0.4) is 0 Å². The highest BCUT2D eigenvalue weighted by Gasteiger charge is 2.35. The van der Waals surface area contributed by atoms with Crippen LogP contribution in [0.5, 0.6) is 5.75 Å². The quantitative estimate of drug-likeness (QED) is 0.887. The molecule has 0 saturated heterocycles. The Hall–Kier alpha value is -1.23. The molecule has 2 nitrogen and oxygen atoms in total. The Balaban J connectivity index is 2.15. The number of benzene rings is 1. The number of aliphatic hydroxyl groups is 1. The first-order chi connectivity index (χ1) is 9.40. The van der Waals surface area contributed by atoms with Crippen molar-refractivity contribution in [3.63, 3.8) is 0 Å². The standard InChI is InChI=1S/C15H19F3O2/c1-2-10-7-8-11(9-10)14(19)12-5-3-4-6-13(12)20-15(16,17)18/h3-6,10-11,14,19H,2,7-9H2,1H3. The predicted molar refractivity (Wildman–Crippen MR) is 69.2 cm³/mol. The van der Waals surface area contributed by atoms with E-state index in [0.717, 1.165) is 25.7 Å². The summed E-state index contributed by atoms with van der Waals surface area (Å²) in [4.78, 5) is 0. The second-order valence-electron chi connectivity index (χ2n) is 5.38. The van der Waals surface area contributed by atoms with Gasteiger partial charge in [-0.3, -0.25) is 0 Å². The highest BCUT2D eigenvalue weighted by atomic mass is 19.4. The molecule has 0 radical (unpaired) electrons. The van der Waals surface area contributed by atoms with Crippen molar-refractivity contribution >= 4 is 0 Å². The van der Waals surface area contributed by atoms with Crippen molar-refractivity contribution in [1.29, 1.82) is 0 Å². The van der Waals surface area contributed by atoms with Crippen LogP contribution in [0.25, 0.3) is 0 Å². The van der Waals surface area contributed by atoms with E-state index in [-0.39, 0.29) is 17.2 Å². The minimum absolute atomic E-state index is 0.0120. The maximum atomic E-state index is 12.4. The summed E-state index contributed by atoms with van der Waals surface area (Å²) in [6.45, 7) is 2.10. The first kappa shape index (κ1) is 15.2. The number of rotatable bonds is 4. The Bertz CT molecular complexity index is 445. The smallest absolute Gasteiger partial charge is 0.405 e. The summed E-state index contributed by atoms with van der Waals surface area (Å²) in [5, 5.41) is 10.4. The topological polar surface area (TPSA) is 29.5 Å². The minimum Gasteiger partial charge on any atom is -0.405 e. The molecule has 1 aliphatic carbocycles. The number of halogens is 3. The molecule has 2 rings (SSSR count).